The molecule has 2 N–H and O–H groups in total. The van der Waals surface area contributed by atoms with Gasteiger partial charge in [-0.2, -0.15) is 0 Å². The number of aromatic hydroxyl groups is 1. The summed E-state index contributed by atoms with van der Waals surface area (Å²) in [6.07, 6.45) is 2.01. The summed E-state index contributed by atoms with van der Waals surface area (Å²) in [5.41, 5.74) is 3.07. The van der Waals surface area contributed by atoms with E-state index in [2.05, 4.69) is 15.6 Å². The first-order valence-electron chi connectivity index (χ1n) is 7.14. The molecule has 0 bridgehead atoms. The molecule has 0 aliphatic carbocycles. The summed E-state index contributed by atoms with van der Waals surface area (Å²) in [6, 6.07) is 12.8. The SMILES string of the molecule is Cn1ccc2cc(-c3cc4c(O)cc(=O)[nH]c4cc3Cl)ccc21. The highest BCUT2D eigenvalue weighted by molar-refractivity contribution is 6.34. The fourth-order valence-corrected chi connectivity index (χ4v) is 3.20. The van der Waals surface area contributed by atoms with E-state index >= 15 is 0 Å². The maximum absolute atomic E-state index is 11.5. The first-order valence-corrected chi connectivity index (χ1v) is 7.52. The second-order valence-electron chi connectivity index (χ2n) is 5.60. The van der Waals surface area contributed by atoms with Gasteiger partial charge in [-0.05, 0) is 35.9 Å². The van der Waals surface area contributed by atoms with E-state index in [9.17, 15) is 9.90 Å². The predicted octanol–water partition coefficient (Wildman–Crippen LogP) is 4.05. The van der Waals surface area contributed by atoms with Crippen LogP contribution >= 0.6 is 11.6 Å². The Morgan fingerprint density at radius 3 is 2.78 bits per heavy atom. The molecular weight excluding hydrogens is 312 g/mol. The molecule has 0 saturated carbocycles. The van der Waals surface area contributed by atoms with Crippen LogP contribution in [0.25, 0.3) is 32.9 Å². The van der Waals surface area contributed by atoms with Crippen LogP contribution in [0.4, 0.5) is 0 Å². The Morgan fingerprint density at radius 1 is 1.13 bits per heavy atom. The van der Waals surface area contributed by atoms with Crippen molar-refractivity contribution in [1.82, 2.24) is 9.55 Å². The van der Waals surface area contributed by atoms with Gasteiger partial charge in [-0.3, -0.25) is 4.79 Å². The van der Waals surface area contributed by atoms with Crippen molar-refractivity contribution in [3.05, 3.63) is 64.0 Å². The number of hydrogen-bond donors (Lipinski definition) is 2. The van der Waals surface area contributed by atoms with Crippen LogP contribution in [0.1, 0.15) is 0 Å². The third kappa shape index (κ3) is 2.19. The van der Waals surface area contributed by atoms with Gasteiger partial charge in [0.25, 0.3) is 5.56 Å². The summed E-state index contributed by atoms with van der Waals surface area (Å²) in [5, 5.41) is 12.2. The Morgan fingerprint density at radius 2 is 1.96 bits per heavy atom. The minimum Gasteiger partial charge on any atom is -0.507 e. The van der Waals surface area contributed by atoms with Crippen LogP contribution in [-0.4, -0.2) is 14.7 Å². The van der Waals surface area contributed by atoms with Gasteiger partial charge in [0.2, 0.25) is 0 Å². The first kappa shape index (κ1) is 13.9. The van der Waals surface area contributed by atoms with Gasteiger partial charge >= 0.3 is 0 Å². The molecule has 114 valence electrons. The van der Waals surface area contributed by atoms with Gasteiger partial charge in [0, 0.05) is 41.2 Å². The Balaban J connectivity index is 1.99. The number of hydrogen-bond acceptors (Lipinski definition) is 2. The Hall–Kier alpha value is -2.72. The van der Waals surface area contributed by atoms with Crippen LogP contribution in [0.15, 0.2) is 53.5 Å². The lowest BCUT2D eigenvalue weighted by atomic mass is 10.0. The van der Waals surface area contributed by atoms with E-state index in [1.54, 1.807) is 12.1 Å². The van der Waals surface area contributed by atoms with E-state index in [0.29, 0.717) is 15.9 Å². The van der Waals surface area contributed by atoms with Crippen molar-refractivity contribution in [2.24, 2.45) is 7.05 Å². The monoisotopic (exact) mass is 324 g/mol. The van der Waals surface area contributed by atoms with Crippen molar-refractivity contribution < 1.29 is 5.11 Å². The zero-order chi connectivity index (χ0) is 16.1. The highest BCUT2D eigenvalue weighted by atomic mass is 35.5. The molecule has 0 spiro atoms. The number of aryl methyl sites for hydroxylation is 1. The fraction of sp³-hybridized carbons (Fsp3) is 0.0556. The molecule has 0 radical (unpaired) electrons. The smallest absolute Gasteiger partial charge is 0.252 e. The van der Waals surface area contributed by atoms with Crippen LogP contribution in [0.2, 0.25) is 5.02 Å². The molecule has 0 aliphatic heterocycles. The molecular formula is C18H13ClN2O2. The van der Waals surface area contributed by atoms with E-state index < -0.39 is 0 Å². The van der Waals surface area contributed by atoms with Gasteiger partial charge in [0.1, 0.15) is 5.75 Å². The topological polar surface area (TPSA) is 58.0 Å². The molecule has 0 atom stereocenters. The second kappa shape index (κ2) is 4.89. The Labute approximate surface area is 136 Å². The third-order valence-corrected chi connectivity index (χ3v) is 4.42. The minimum absolute atomic E-state index is 0.0533. The number of nitrogens with one attached hydrogen (secondary N) is 1. The lowest BCUT2D eigenvalue weighted by Crippen LogP contribution is -2.03. The molecule has 4 rings (SSSR count). The Kier molecular flexibility index (Phi) is 2.96. The molecule has 5 heteroatoms. The fourth-order valence-electron chi connectivity index (χ4n) is 2.93. The number of benzene rings is 2. The van der Waals surface area contributed by atoms with Crippen molar-refractivity contribution >= 4 is 33.4 Å². The van der Waals surface area contributed by atoms with Crippen LogP contribution < -0.4 is 5.56 Å². The zero-order valence-corrected chi connectivity index (χ0v) is 13.1. The summed E-state index contributed by atoms with van der Waals surface area (Å²) < 4.78 is 2.05. The minimum atomic E-state index is -0.357. The van der Waals surface area contributed by atoms with Crippen LogP contribution in [0.3, 0.4) is 0 Å². The number of fused-ring (bicyclic) bond motifs is 2. The number of H-pyrrole nitrogens is 1. The average molecular weight is 325 g/mol. The van der Waals surface area contributed by atoms with E-state index in [0.717, 1.165) is 22.0 Å². The van der Waals surface area contributed by atoms with Crippen molar-refractivity contribution in [1.29, 1.82) is 0 Å². The summed E-state index contributed by atoms with van der Waals surface area (Å²) in [6.45, 7) is 0. The molecule has 2 aromatic heterocycles. The maximum Gasteiger partial charge on any atom is 0.252 e. The van der Waals surface area contributed by atoms with Crippen LogP contribution in [-0.2, 0) is 7.05 Å². The molecule has 0 amide bonds. The molecule has 4 aromatic rings. The van der Waals surface area contributed by atoms with E-state index in [-0.39, 0.29) is 11.3 Å². The normalized spacial score (nSPS) is 11.4. The van der Waals surface area contributed by atoms with E-state index in [1.807, 2.05) is 31.4 Å². The summed E-state index contributed by atoms with van der Waals surface area (Å²) in [7, 11) is 2.00. The van der Waals surface area contributed by atoms with Crippen LogP contribution in [0, 0.1) is 0 Å². The van der Waals surface area contributed by atoms with Crippen molar-refractivity contribution in [3.63, 3.8) is 0 Å². The van der Waals surface area contributed by atoms with Gasteiger partial charge in [-0.15, -0.1) is 0 Å². The number of aromatic amines is 1. The zero-order valence-electron chi connectivity index (χ0n) is 12.3. The number of rotatable bonds is 1. The van der Waals surface area contributed by atoms with Crippen molar-refractivity contribution in [2.75, 3.05) is 0 Å². The molecule has 2 heterocycles. The molecule has 2 aromatic carbocycles. The number of pyridine rings is 1. The molecule has 4 nitrogen and oxygen atoms in total. The van der Waals surface area contributed by atoms with Gasteiger partial charge in [-0.25, -0.2) is 0 Å². The number of aromatic nitrogens is 2. The second-order valence-corrected chi connectivity index (χ2v) is 6.00. The Bertz CT molecular complexity index is 1130. The van der Waals surface area contributed by atoms with Gasteiger partial charge in [0.05, 0.1) is 10.5 Å². The van der Waals surface area contributed by atoms with Gasteiger partial charge in [0.15, 0.2) is 0 Å². The lowest BCUT2D eigenvalue weighted by molar-refractivity contribution is 0.480. The van der Waals surface area contributed by atoms with Crippen molar-refractivity contribution in [3.8, 4) is 16.9 Å². The standard InChI is InChI=1S/C18H13ClN2O2/c1-21-5-4-11-6-10(2-3-16(11)21)12-7-13-15(8-14(12)19)20-18(23)9-17(13)22/h2-9H,1H3,(H2,20,22,23). The highest BCUT2D eigenvalue weighted by Gasteiger charge is 2.10. The highest BCUT2D eigenvalue weighted by Crippen LogP contribution is 2.35. The van der Waals surface area contributed by atoms with Gasteiger partial charge < -0.3 is 14.7 Å². The number of halogens is 1. The summed E-state index contributed by atoms with van der Waals surface area (Å²) in [4.78, 5) is 14.1. The molecule has 0 aliphatic rings. The first-order chi connectivity index (χ1) is 11.0. The molecule has 0 fully saturated rings. The summed E-state index contributed by atoms with van der Waals surface area (Å²) in [5.74, 6) is -0.0533. The molecule has 23 heavy (non-hydrogen) atoms. The maximum atomic E-state index is 11.5. The third-order valence-electron chi connectivity index (χ3n) is 4.11. The van der Waals surface area contributed by atoms with E-state index in [4.69, 9.17) is 11.6 Å². The predicted molar refractivity (Wildman–Crippen MR) is 93.2 cm³/mol. The quantitative estimate of drug-likeness (QED) is 0.555. The average Bonchev–Trinajstić information content (AvgIpc) is 2.87. The van der Waals surface area contributed by atoms with E-state index in [1.165, 1.54) is 6.07 Å². The number of nitrogens with zero attached hydrogens (tertiary/aromatic N) is 1. The van der Waals surface area contributed by atoms with Crippen molar-refractivity contribution in [2.45, 2.75) is 0 Å². The van der Waals surface area contributed by atoms with Gasteiger partial charge in [-0.1, -0.05) is 17.7 Å². The van der Waals surface area contributed by atoms with Crippen LogP contribution in [0.5, 0.6) is 5.75 Å². The summed E-state index contributed by atoms with van der Waals surface area (Å²) >= 11 is 6.39. The molecule has 0 saturated heterocycles. The molecule has 0 unspecified atom stereocenters. The largest absolute Gasteiger partial charge is 0.507 e. The lowest BCUT2D eigenvalue weighted by Gasteiger charge is -2.09.